The minimum atomic E-state index is 0.724. The first-order valence-corrected chi connectivity index (χ1v) is 5.13. The second kappa shape index (κ2) is 4.52. The van der Waals surface area contributed by atoms with Crippen LogP contribution in [-0.4, -0.2) is 22.1 Å². The lowest BCUT2D eigenvalue weighted by Gasteiger charge is -1.94. The largest absolute Gasteiger partial charge is 0.330 e. The quantitative estimate of drug-likeness (QED) is 0.718. The van der Waals surface area contributed by atoms with Crippen molar-refractivity contribution in [2.24, 2.45) is 5.73 Å². The van der Waals surface area contributed by atoms with Gasteiger partial charge in [-0.3, -0.25) is 4.68 Å². The Morgan fingerprint density at radius 1 is 1.67 bits per heavy atom. The fraction of sp³-hybridized carbons (Fsp3) is 0.625. The summed E-state index contributed by atoms with van der Waals surface area (Å²) in [6.45, 7) is 5.78. The lowest BCUT2D eigenvalue weighted by atomic mass is 10.5. The molecule has 0 amide bonds. The van der Waals surface area contributed by atoms with E-state index in [1.807, 2.05) is 11.6 Å². The molecule has 1 aromatic heterocycles. The molecule has 0 aliphatic rings. The first-order chi connectivity index (χ1) is 5.77. The Morgan fingerprint density at radius 3 is 2.92 bits per heavy atom. The van der Waals surface area contributed by atoms with Crippen LogP contribution in [0.25, 0.3) is 0 Å². The molecule has 3 nitrogen and oxygen atoms in total. The van der Waals surface area contributed by atoms with Crippen molar-refractivity contribution in [1.29, 1.82) is 0 Å². The molecule has 1 rings (SSSR count). The zero-order chi connectivity index (χ0) is 8.97. The van der Waals surface area contributed by atoms with Crippen LogP contribution in [0.1, 0.15) is 12.6 Å². The molecule has 12 heavy (non-hydrogen) atoms. The Kier molecular flexibility index (Phi) is 3.62. The van der Waals surface area contributed by atoms with Gasteiger partial charge < -0.3 is 5.73 Å². The first kappa shape index (κ1) is 9.61. The van der Waals surface area contributed by atoms with Crippen molar-refractivity contribution in [3.05, 3.63) is 11.9 Å². The Balaban J connectivity index is 2.64. The molecule has 2 N–H and O–H groups in total. The SMILES string of the molecule is CCn1cc(SCCN)c(C)n1. The van der Waals surface area contributed by atoms with Crippen LogP contribution in [0.2, 0.25) is 0 Å². The summed E-state index contributed by atoms with van der Waals surface area (Å²) in [5, 5.41) is 4.34. The van der Waals surface area contributed by atoms with Crippen molar-refractivity contribution >= 4 is 11.8 Å². The Hall–Kier alpha value is -0.480. The second-order valence-corrected chi connectivity index (χ2v) is 3.71. The zero-order valence-electron chi connectivity index (χ0n) is 7.58. The van der Waals surface area contributed by atoms with Crippen LogP contribution in [0.5, 0.6) is 0 Å². The highest BCUT2D eigenvalue weighted by atomic mass is 32.2. The molecule has 0 unspecified atom stereocenters. The smallest absolute Gasteiger partial charge is 0.0729 e. The minimum Gasteiger partial charge on any atom is -0.330 e. The van der Waals surface area contributed by atoms with Crippen molar-refractivity contribution in [3.63, 3.8) is 0 Å². The molecular formula is C8H15N3S. The highest BCUT2D eigenvalue weighted by Gasteiger charge is 2.02. The van der Waals surface area contributed by atoms with E-state index in [0.29, 0.717) is 0 Å². The third kappa shape index (κ3) is 2.25. The van der Waals surface area contributed by atoms with E-state index in [9.17, 15) is 0 Å². The predicted octanol–water partition coefficient (Wildman–Crippen LogP) is 1.26. The zero-order valence-corrected chi connectivity index (χ0v) is 8.40. The van der Waals surface area contributed by atoms with E-state index in [0.717, 1.165) is 24.5 Å². The first-order valence-electron chi connectivity index (χ1n) is 4.14. The predicted molar refractivity (Wildman–Crippen MR) is 52.4 cm³/mol. The van der Waals surface area contributed by atoms with Crippen LogP contribution < -0.4 is 5.73 Å². The van der Waals surface area contributed by atoms with E-state index in [-0.39, 0.29) is 0 Å². The molecule has 0 spiro atoms. The summed E-state index contributed by atoms with van der Waals surface area (Å²) in [7, 11) is 0. The van der Waals surface area contributed by atoms with Crippen molar-refractivity contribution in [2.75, 3.05) is 12.3 Å². The molecule has 0 bridgehead atoms. The second-order valence-electron chi connectivity index (χ2n) is 2.57. The van der Waals surface area contributed by atoms with Gasteiger partial charge in [0.15, 0.2) is 0 Å². The van der Waals surface area contributed by atoms with Gasteiger partial charge in [-0.25, -0.2) is 0 Å². The monoisotopic (exact) mass is 185 g/mol. The van der Waals surface area contributed by atoms with Crippen LogP contribution in [0, 0.1) is 6.92 Å². The van der Waals surface area contributed by atoms with E-state index in [1.54, 1.807) is 11.8 Å². The highest BCUT2D eigenvalue weighted by Crippen LogP contribution is 2.20. The van der Waals surface area contributed by atoms with Gasteiger partial charge in [0, 0.05) is 29.9 Å². The summed E-state index contributed by atoms with van der Waals surface area (Å²) in [5.41, 5.74) is 6.52. The van der Waals surface area contributed by atoms with Gasteiger partial charge in [0.05, 0.1) is 5.69 Å². The molecule has 1 aromatic rings. The molecule has 1 heterocycles. The highest BCUT2D eigenvalue weighted by molar-refractivity contribution is 7.99. The maximum atomic E-state index is 5.42. The maximum Gasteiger partial charge on any atom is 0.0729 e. The average molecular weight is 185 g/mol. The number of hydrogen-bond donors (Lipinski definition) is 1. The fourth-order valence-electron chi connectivity index (χ4n) is 0.972. The summed E-state index contributed by atoms with van der Waals surface area (Å²) < 4.78 is 1.95. The lowest BCUT2D eigenvalue weighted by Crippen LogP contribution is -2.00. The summed E-state index contributed by atoms with van der Waals surface area (Å²) in [6.07, 6.45) is 2.08. The lowest BCUT2D eigenvalue weighted by molar-refractivity contribution is 0.653. The van der Waals surface area contributed by atoms with Crippen molar-refractivity contribution in [3.8, 4) is 0 Å². The Labute approximate surface area is 77.3 Å². The number of rotatable bonds is 4. The van der Waals surface area contributed by atoms with Crippen molar-refractivity contribution in [2.45, 2.75) is 25.3 Å². The Morgan fingerprint density at radius 2 is 2.42 bits per heavy atom. The number of aromatic nitrogens is 2. The van der Waals surface area contributed by atoms with Crippen LogP contribution in [0.4, 0.5) is 0 Å². The molecule has 0 radical (unpaired) electrons. The molecular weight excluding hydrogens is 170 g/mol. The number of aryl methyl sites for hydroxylation is 2. The van der Waals surface area contributed by atoms with E-state index in [2.05, 4.69) is 18.2 Å². The van der Waals surface area contributed by atoms with Gasteiger partial charge in [0.2, 0.25) is 0 Å². The third-order valence-corrected chi connectivity index (χ3v) is 2.75. The molecule has 0 aromatic carbocycles. The van der Waals surface area contributed by atoms with Gasteiger partial charge in [-0.2, -0.15) is 5.10 Å². The number of nitrogens with two attached hydrogens (primary N) is 1. The third-order valence-electron chi connectivity index (χ3n) is 1.60. The molecule has 4 heteroatoms. The standard InChI is InChI=1S/C8H15N3S/c1-3-11-6-8(7(2)10-11)12-5-4-9/h6H,3-5,9H2,1-2H3. The van der Waals surface area contributed by atoms with Crippen LogP contribution in [0.3, 0.4) is 0 Å². The summed E-state index contributed by atoms with van der Waals surface area (Å²) >= 11 is 1.77. The molecule has 0 aliphatic carbocycles. The molecule has 68 valence electrons. The maximum absolute atomic E-state index is 5.42. The van der Waals surface area contributed by atoms with Crippen LogP contribution in [-0.2, 0) is 6.54 Å². The normalized spacial score (nSPS) is 10.6. The molecule has 0 fully saturated rings. The fourth-order valence-corrected chi connectivity index (χ4v) is 1.76. The van der Waals surface area contributed by atoms with Gasteiger partial charge in [0.25, 0.3) is 0 Å². The number of hydrogen-bond acceptors (Lipinski definition) is 3. The number of thioether (sulfide) groups is 1. The van der Waals surface area contributed by atoms with Crippen molar-refractivity contribution in [1.82, 2.24) is 9.78 Å². The molecule has 0 atom stereocenters. The van der Waals surface area contributed by atoms with Crippen LogP contribution in [0.15, 0.2) is 11.1 Å². The molecule has 0 saturated heterocycles. The van der Waals surface area contributed by atoms with Crippen molar-refractivity contribution < 1.29 is 0 Å². The molecule has 0 aliphatic heterocycles. The average Bonchev–Trinajstić information content (AvgIpc) is 2.43. The van der Waals surface area contributed by atoms with Gasteiger partial charge in [-0.05, 0) is 13.8 Å². The number of nitrogens with zero attached hydrogens (tertiary/aromatic N) is 2. The van der Waals surface area contributed by atoms with Gasteiger partial charge >= 0.3 is 0 Å². The summed E-state index contributed by atoms with van der Waals surface area (Å²) in [4.78, 5) is 1.25. The van der Waals surface area contributed by atoms with Crippen LogP contribution >= 0.6 is 11.8 Å². The summed E-state index contributed by atoms with van der Waals surface area (Å²) in [6, 6.07) is 0. The van der Waals surface area contributed by atoms with E-state index < -0.39 is 0 Å². The van der Waals surface area contributed by atoms with E-state index in [1.165, 1.54) is 4.90 Å². The Bertz CT molecular complexity index is 244. The summed E-state index contributed by atoms with van der Waals surface area (Å²) in [5.74, 6) is 0.968. The van der Waals surface area contributed by atoms with Gasteiger partial charge in [0.1, 0.15) is 0 Å². The van der Waals surface area contributed by atoms with Gasteiger partial charge in [-0.1, -0.05) is 0 Å². The topological polar surface area (TPSA) is 43.8 Å². The van der Waals surface area contributed by atoms with E-state index in [4.69, 9.17) is 5.73 Å². The molecule has 0 saturated carbocycles. The minimum absolute atomic E-state index is 0.724. The van der Waals surface area contributed by atoms with E-state index >= 15 is 0 Å². The van der Waals surface area contributed by atoms with Gasteiger partial charge in [-0.15, -0.1) is 11.8 Å².